The number of aryl methyl sites for hydroxylation is 2. The number of thiazole rings is 1. The predicted octanol–water partition coefficient (Wildman–Crippen LogP) is 6.71. The Morgan fingerprint density at radius 1 is 1.18 bits per heavy atom. The molecule has 4 aromatic rings. The molecule has 0 radical (unpaired) electrons. The van der Waals surface area contributed by atoms with Crippen LogP contribution < -0.4 is 4.90 Å². The van der Waals surface area contributed by atoms with Crippen molar-refractivity contribution in [3.05, 3.63) is 72.3 Å². The molecule has 0 aliphatic carbocycles. The lowest BCUT2D eigenvalue weighted by Gasteiger charge is -2.20. The third-order valence-electron chi connectivity index (χ3n) is 5.16. The van der Waals surface area contributed by atoms with Gasteiger partial charge < -0.3 is 4.57 Å². The predicted molar refractivity (Wildman–Crippen MR) is 142 cm³/mol. The van der Waals surface area contributed by atoms with Crippen LogP contribution in [0, 0.1) is 0 Å². The van der Waals surface area contributed by atoms with Gasteiger partial charge in [0.1, 0.15) is 0 Å². The second kappa shape index (κ2) is 11.7. The molecule has 0 aliphatic heterocycles. The Kier molecular flexibility index (Phi) is 8.95. The molecule has 0 unspecified atom stereocenters. The zero-order valence-electron chi connectivity index (χ0n) is 19.1. The van der Waals surface area contributed by atoms with E-state index in [9.17, 15) is 4.79 Å². The minimum absolute atomic E-state index is 0. The van der Waals surface area contributed by atoms with Gasteiger partial charge in [0.15, 0.2) is 5.13 Å². The second-order valence-electron chi connectivity index (χ2n) is 7.95. The molecular weight excluding hydrogens is 472 g/mol. The van der Waals surface area contributed by atoms with Crippen molar-refractivity contribution in [2.24, 2.45) is 0 Å². The number of rotatable bonds is 9. The van der Waals surface area contributed by atoms with Gasteiger partial charge in [-0.15, -0.1) is 24.2 Å². The van der Waals surface area contributed by atoms with Crippen LogP contribution in [-0.4, -0.2) is 32.2 Å². The van der Waals surface area contributed by atoms with Crippen molar-refractivity contribution in [3.63, 3.8) is 0 Å². The first kappa shape index (κ1) is 25.3. The Morgan fingerprint density at radius 2 is 1.97 bits per heavy atom. The first-order valence-electron chi connectivity index (χ1n) is 11.0. The number of carbonyl (C=O) groups is 1. The van der Waals surface area contributed by atoms with Crippen LogP contribution in [0.15, 0.2) is 66.1 Å². The average molecular weight is 501 g/mol. The van der Waals surface area contributed by atoms with Crippen LogP contribution in [0.3, 0.4) is 0 Å². The van der Waals surface area contributed by atoms with Crippen LogP contribution in [0.2, 0.25) is 0 Å². The molecule has 5 nitrogen and oxygen atoms in total. The van der Waals surface area contributed by atoms with Crippen LogP contribution in [0.4, 0.5) is 5.13 Å². The molecule has 174 valence electrons. The van der Waals surface area contributed by atoms with E-state index in [4.69, 9.17) is 4.98 Å². The standard InChI is InChI=1S/C25H28N4OS2.ClH/c1-4-19-6-11-22-23(16-19)32-25(27-22)29(14-5-13-28-15-12-26-17-28)24(30)20-7-9-21(10-8-20)31-18(2)3;/h6-12,15-18H,4-5,13-14H2,1-3H3;1H. The highest BCUT2D eigenvalue weighted by atomic mass is 35.5. The highest BCUT2D eigenvalue weighted by Crippen LogP contribution is 2.31. The molecule has 0 saturated heterocycles. The molecule has 0 bridgehead atoms. The van der Waals surface area contributed by atoms with Crippen LogP contribution in [-0.2, 0) is 13.0 Å². The zero-order valence-corrected chi connectivity index (χ0v) is 21.6. The van der Waals surface area contributed by atoms with Crippen LogP contribution in [0.5, 0.6) is 0 Å². The zero-order chi connectivity index (χ0) is 22.5. The van der Waals surface area contributed by atoms with E-state index in [0.717, 1.165) is 34.7 Å². The fourth-order valence-corrected chi connectivity index (χ4v) is 5.40. The number of carbonyl (C=O) groups excluding carboxylic acids is 1. The number of imidazole rings is 1. The summed E-state index contributed by atoms with van der Waals surface area (Å²) in [6.45, 7) is 7.89. The fraction of sp³-hybridized carbons (Fsp3) is 0.320. The minimum atomic E-state index is -0.00787. The van der Waals surface area contributed by atoms with Gasteiger partial charge in [0.25, 0.3) is 5.91 Å². The van der Waals surface area contributed by atoms with Gasteiger partial charge >= 0.3 is 0 Å². The number of aromatic nitrogens is 3. The number of nitrogens with zero attached hydrogens (tertiary/aromatic N) is 4. The summed E-state index contributed by atoms with van der Waals surface area (Å²) in [6.07, 6.45) is 7.33. The molecule has 33 heavy (non-hydrogen) atoms. The van der Waals surface area contributed by atoms with E-state index >= 15 is 0 Å². The van der Waals surface area contributed by atoms with Crippen molar-refractivity contribution in [2.75, 3.05) is 11.4 Å². The lowest BCUT2D eigenvalue weighted by atomic mass is 10.2. The Balaban J connectivity index is 0.00000306. The van der Waals surface area contributed by atoms with Crippen molar-refractivity contribution in [1.82, 2.24) is 14.5 Å². The van der Waals surface area contributed by atoms with Gasteiger partial charge in [0, 0.05) is 41.2 Å². The van der Waals surface area contributed by atoms with E-state index in [2.05, 4.69) is 44.0 Å². The van der Waals surface area contributed by atoms with Gasteiger partial charge in [-0.25, -0.2) is 9.97 Å². The van der Waals surface area contributed by atoms with Crippen molar-refractivity contribution in [1.29, 1.82) is 0 Å². The third kappa shape index (κ3) is 6.37. The molecule has 2 aromatic carbocycles. The Bertz CT molecular complexity index is 1170. The number of halogens is 1. The van der Waals surface area contributed by atoms with Gasteiger partial charge in [0.2, 0.25) is 0 Å². The Morgan fingerprint density at radius 3 is 2.64 bits per heavy atom. The van der Waals surface area contributed by atoms with Gasteiger partial charge in [0.05, 0.1) is 16.5 Å². The van der Waals surface area contributed by atoms with E-state index in [0.29, 0.717) is 17.4 Å². The molecule has 4 rings (SSSR count). The normalized spacial score (nSPS) is 11.0. The highest BCUT2D eigenvalue weighted by molar-refractivity contribution is 7.99. The Hall–Kier alpha value is -2.35. The van der Waals surface area contributed by atoms with Gasteiger partial charge in [-0.05, 0) is 54.8 Å². The van der Waals surface area contributed by atoms with Crippen molar-refractivity contribution in [3.8, 4) is 0 Å². The molecule has 0 N–H and O–H groups in total. The molecule has 0 aliphatic rings. The number of fused-ring (bicyclic) bond motifs is 1. The summed E-state index contributed by atoms with van der Waals surface area (Å²) < 4.78 is 3.15. The summed E-state index contributed by atoms with van der Waals surface area (Å²) in [5, 5.41) is 1.26. The summed E-state index contributed by atoms with van der Waals surface area (Å²) in [4.78, 5) is 25.5. The van der Waals surface area contributed by atoms with Gasteiger partial charge in [-0.3, -0.25) is 9.69 Å². The SMILES string of the molecule is CCc1ccc2nc(N(CCCn3ccnc3)C(=O)c3ccc(SC(C)C)cc3)sc2c1.Cl. The molecule has 0 fully saturated rings. The first-order chi connectivity index (χ1) is 15.5. The molecule has 8 heteroatoms. The summed E-state index contributed by atoms with van der Waals surface area (Å²) >= 11 is 3.39. The average Bonchev–Trinajstić information content (AvgIpc) is 3.45. The molecule has 0 atom stereocenters. The molecule has 0 spiro atoms. The third-order valence-corrected chi connectivity index (χ3v) is 7.21. The molecule has 2 heterocycles. The monoisotopic (exact) mass is 500 g/mol. The summed E-state index contributed by atoms with van der Waals surface area (Å²) in [5.41, 5.74) is 2.91. The van der Waals surface area contributed by atoms with Crippen LogP contribution in [0.1, 0.15) is 43.1 Å². The quantitative estimate of drug-likeness (QED) is 0.239. The molecule has 2 aromatic heterocycles. The lowest BCUT2D eigenvalue weighted by molar-refractivity contribution is 0.0986. The molecule has 0 saturated carbocycles. The molecule has 1 amide bonds. The number of anilines is 1. The van der Waals surface area contributed by atoms with Gasteiger partial charge in [-0.2, -0.15) is 0 Å². The maximum atomic E-state index is 13.5. The van der Waals surface area contributed by atoms with Crippen molar-refractivity contribution < 1.29 is 4.79 Å². The maximum absolute atomic E-state index is 13.5. The number of benzene rings is 2. The summed E-state index contributed by atoms with van der Waals surface area (Å²) in [7, 11) is 0. The fourth-order valence-electron chi connectivity index (χ4n) is 3.51. The molecular formula is C25H29ClN4OS2. The number of hydrogen-bond donors (Lipinski definition) is 0. The number of amides is 1. The minimum Gasteiger partial charge on any atom is -0.337 e. The largest absolute Gasteiger partial charge is 0.337 e. The summed E-state index contributed by atoms with van der Waals surface area (Å²) in [6, 6.07) is 14.3. The van der Waals surface area contributed by atoms with Crippen LogP contribution >= 0.6 is 35.5 Å². The number of thioether (sulfide) groups is 1. The van der Waals surface area contributed by atoms with Gasteiger partial charge in [-0.1, -0.05) is 38.2 Å². The topological polar surface area (TPSA) is 51.0 Å². The van der Waals surface area contributed by atoms with E-state index in [1.807, 2.05) is 39.9 Å². The van der Waals surface area contributed by atoms with E-state index in [-0.39, 0.29) is 18.3 Å². The highest BCUT2D eigenvalue weighted by Gasteiger charge is 2.21. The van der Waals surface area contributed by atoms with Crippen molar-refractivity contribution >= 4 is 56.8 Å². The summed E-state index contributed by atoms with van der Waals surface area (Å²) in [5.74, 6) is -0.00787. The lowest BCUT2D eigenvalue weighted by Crippen LogP contribution is -2.32. The Labute approximate surface area is 209 Å². The maximum Gasteiger partial charge on any atom is 0.260 e. The van der Waals surface area contributed by atoms with E-state index < -0.39 is 0 Å². The van der Waals surface area contributed by atoms with Crippen LogP contribution in [0.25, 0.3) is 10.2 Å². The first-order valence-corrected chi connectivity index (χ1v) is 12.7. The van der Waals surface area contributed by atoms with E-state index in [1.54, 1.807) is 35.6 Å². The van der Waals surface area contributed by atoms with E-state index in [1.165, 1.54) is 10.5 Å². The second-order valence-corrected chi connectivity index (χ2v) is 10.6. The van der Waals surface area contributed by atoms with Crippen molar-refractivity contribution in [2.45, 2.75) is 50.3 Å². The number of hydrogen-bond acceptors (Lipinski definition) is 5. The smallest absolute Gasteiger partial charge is 0.260 e.